The van der Waals surface area contributed by atoms with Crippen LogP contribution in [0.3, 0.4) is 0 Å². The molecule has 0 aliphatic carbocycles. The fourth-order valence-corrected chi connectivity index (χ4v) is 4.92. The van der Waals surface area contributed by atoms with Crippen LogP contribution >= 0.6 is 30.9 Å². The standard InChI is InChI=1S/C9H19Cl2N2O2P/c1-9(11)8-13-6-3-5-12(7-4-10)16(13,14)15-2/h9H,3-8H2,1-2H3. The minimum Gasteiger partial charge on any atom is -0.309 e. The molecule has 0 N–H and O–H groups in total. The largest absolute Gasteiger partial charge is 0.345 e. The molecule has 0 saturated carbocycles. The monoisotopic (exact) mass is 288 g/mol. The number of rotatable bonds is 5. The molecular weight excluding hydrogens is 270 g/mol. The first-order valence-electron chi connectivity index (χ1n) is 5.41. The first-order valence-corrected chi connectivity index (χ1v) is 7.91. The second kappa shape index (κ2) is 6.58. The lowest BCUT2D eigenvalue weighted by atomic mass is 10.4. The predicted molar refractivity (Wildman–Crippen MR) is 68.4 cm³/mol. The molecule has 7 heteroatoms. The lowest BCUT2D eigenvalue weighted by Crippen LogP contribution is -2.42. The van der Waals surface area contributed by atoms with Gasteiger partial charge in [0.25, 0.3) is 0 Å². The Bertz CT molecular complexity index is 264. The number of halogens is 2. The van der Waals surface area contributed by atoms with Gasteiger partial charge >= 0.3 is 7.67 Å². The van der Waals surface area contributed by atoms with Crippen molar-refractivity contribution >= 4 is 30.9 Å². The summed E-state index contributed by atoms with van der Waals surface area (Å²) in [6.45, 7) is 4.58. The van der Waals surface area contributed by atoms with Gasteiger partial charge in [-0.25, -0.2) is 9.34 Å². The van der Waals surface area contributed by atoms with Crippen LogP contribution in [0.2, 0.25) is 0 Å². The van der Waals surface area contributed by atoms with Crippen LogP contribution in [0.1, 0.15) is 13.3 Å². The Morgan fingerprint density at radius 3 is 2.56 bits per heavy atom. The Balaban J connectivity index is 2.79. The number of hydrogen-bond acceptors (Lipinski definition) is 2. The molecule has 1 saturated heterocycles. The summed E-state index contributed by atoms with van der Waals surface area (Å²) in [7, 11) is -1.40. The van der Waals surface area contributed by atoms with Crippen molar-refractivity contribution in [3.8, 4) is 0 Å². The highest BCUT2D eigenvalue weighted by Gasteiger charge is 2.40. The SMILES string of the molecule is COP1(=O)N(CCCl)CCCN1CC(C)Cl. The molecule has 4 nitrogen and oxygen atoms in total. The summed E-state index contributed by atoms with van der Waals surface area (Å²) in [5, 5.41) is -0.0422. The predicted octanol–water partition coefficient (Wildman–Crippen LogP) is 2.61. The summed E-state index contributed by atoms with van der Waals surface area (Å²) < 4.78 is 21.6. The molecule has 0 bridgehead atoms. The zero-order valence-corrected chi connectivity index (χ0v) is 12.1. The van der Waals surface area contributed by atoms with Crippen molar-refractivity contribution in [2.75, 3.05) is 39.2 Å². The van der Waals surface area contributed by atoms with Crippen molar-refractivity contribution < 1.29 is 9.09 Å². The highest BCUT2D eigenvalue weighted by atomic mass is 35.5. The Hall–Kier alpha value is 0.690. The maximum Gasteiger partial charge on any atom is 0.345 e. The van der Waals surface area contributed by atoms with Crippen molar-refractivity contribution in [3.05, 3.63) is 0 Å². The van der Waals surface area contributed by atoms with Gasteiger partial charge in [0.2, 0.25) is 0 Å². The molecule has 0 amide bonds. The summed E-state index contributed by atoms with van der Waals surface area (Å²) in [6, 6.07) is 0. The van der Waals surface area contributed by atoms with Gasteiger partial charge in [0.05, 0.1) is 0 Å². The van der Waals surface area contributed by atoms with Crippen molar-refractivity contribution in [1.29, 1.82) is 0 Å². The summed E-state index contributed by atoms with van der Waals surface area (Å²) in [6.07, 6.45) is 0.966. The van der Waals surface area contributed by atoms with Gasteiger partial charge < -0.3 is 4.52 Å². The van der Waals surface area contributed by atoms with Crippen LogP contribution in [0, 0.1) is 0 Å². The Kier molecular flexibility index (Phi) is 6.06. The van der Waals surface area contributed by atoms with Crippen LogP contribution in [-0.2, 0) is 9.09 Å². The smallest absolute Gasteiger partial charge is 0.309 e. The van der Waals surface area contributed by atoms with Crippen molar-refractivity contribution in [1.82, 2.24) is 9.34 Å². The van der Waals surface area contributed by atoms with Crippen LogP contribution in [-0.4, -0.2) is 53.9 Å². The first kappa shape index (κ1) is 14.7. The average molecular weight is 289 g/mol. The van der Waals surface area contributed by atoms with Gasteiger partial charge in [0.1, 0.15) is 0 Å². The van der Waals surface area contributed by atoms with Gasteiger partial charge in [-0.05, 0) is 13.3 Å². The average Bonchev–Trinajstić information content (AvgIpc) is 2.24. The molecule has 1 rings (SSSR count). The van der Waals surface area contributed by atoms with E-state index < -0.39 is 7.67 Å². The Morgan fingerprint density at radius 2 is 2.06 bits per heavy atom. The number of hydrogen-bond donors (Lipinski definition) is 0. The van der Waals surface area contributed by atoms with E-state index in [1.54, 1.807) is 0 Å². The lowest BCUT2D eigenvalue weighted by Gasteiger charge is -2.41. The molecule has 1 fully saturated rings. The molecule has 16 heavy (non-hydrogen) atoms. The zero-order chi connectivity index (χ0) is 12.2. The summed E-state index contributed by atoms with van der Waals surface area (Å²) in [5.74, 6) is 0.456. The van der Waals surface area contributed by atoms with E-state index in [9.17, 15) is 4.57 Å². The molecule has 96 valence electrons. The minimum absolute atomic E-state index is 0.0422. The quantitative estimate of drug-likeness (QED) is 0.575. The van der Waals surface area contributed by atoms with Crippen molar-refractivity contribution in [2.24, 2.45) is 0 Å². The molecule has 2 atom stereocenters. The summed E-state index contributed by atoms with van der Waals surface area (Å²) in [4.78, 5) is 0. The van der Waals surface area contributed by atoms with Crippen molar-refractivity contribution in [3.63, 3.8) is 0 Å². The molecule has 1 heterocycles. The van der Waals surface area contributed by atoms with Gasteiger partial charge in [-0.3, -0.25) is 4.57 Å². The van der Waals surface area contributed by atoms with E-state index in [2.05, 4.69) is 0 Å². The normalized spacial score (nSPS) is 30.5. The molecule has 0 spiro atoms. The van der Waals surface area contributed by atoms with E-state index in [1.165, 1.54) is 7.11 Å². The van der Waals surface area contributed by atoms with E-state index in [-0.39, 0.29) is 5.38 Å². The van der Waals surface area contributed by atoms with Crippen LogP contribution in [0.5, 0.6) is 0 Å². The molecular formula is C9H19Cl2N2O2P. The fourth-order valence-electron chi connectivity index (χ4n) is 1.92. The molecule has 0 radical (unpaired) electrons. The second-order valence-corrected chi connectivity index (χ2v) is 7.46. The highest BCUT2D eigenvalue weighted by Crippen LogP contribution is 2.55. The van der Waals surface area contributed by atoms with E-state index in [1.807, 2.05) is 16.3 Å². The van der Waals surface area contributed by atoms with Crippen LogP contribution in [0.25, 0.3) is 0 Å². The zero-order valence-electron chi connectivity index (χ0n) is 9.73. The number of nitrogens with zero attached hydrogens (tertiary/aromatic N) is 2. The molecule has 0 aromatic carbocycles. The van der Waals surface area contributed by atoms with Crippen molar-refractivity contribution in [2.45, 2.75) is 18.7 Å². The second-order valence-electron chi connectivity index (χ2n) is 3.86. The van der Waals surface area contributed by atoms with Gasteiger partial charge in [-0.2, -0.15) is 0 Å². The third-order valence-corrected chi connectivity index (χ3v) is 5.57. The third-order valence-electron chi connectivity index (χ3n) is 2.59. The van der Waals surface area contributed by atoms with Gasteiger partial charge in [-0.15, -0.1) is 23.2 Å². The highest BCUT2D eigenvalue weighted by molar-refractivity contribution is 7.54. The fraction of sp³-hybridized carbons (Fsp3) is 1.00. The Labute approximate surface area is 107 Å². The molecule has 1 aliphatic rings. The molecule has 0 aromatic heterocycles. The lowest BCUT2D eigenvalue weighted by molar-refractivity contribution is 0.208. The topological polar surface area (TPSA) is 32.8 Å². The van der Waals surface area contributed by atoms with E-state index in [4.69, 9.17) is 27.7 Å². The maximum atomic E-state index is 12.7. The van der Waals surface area contributed by atoms with Gasteiger partial charge in [0, 0.05) is 44.5 Å². The molecule has 1 aliphatic heterocycles. The van der Waals surface area contributed by atoms with Crippen LogP contribution < -0.4 is 0 Å². The first-order chi connectivity index (χ1) is 7.54. The van der Waals surface area contributed by atoms with E-state index in [0.717, 1.165) is 19.5 Å². The van der Waals surface area contributed by atoms with Gasteiger partial charge in [-0.1, -0.05) is 0 Å². The maximum absolute atomic E-state index is 12.7. The summed E-state index contributed by atoms with van der Waals surface area (Å²) >= 11 is 11.7. The number of alkyl halides is 2. The molecule has 0 aromatic rings. The van der Waals surface area contributed by atoms with E-state index >= 15 is 0 Å². The minimum atomic E-state index is -2.89. The Morgan fingerprint density at radius 1 is 1.44 bits per heavy atom. The summed E-state index contributed by atoms with van der Waals surface area (Å²) in [5.41, 5.74) is 0. The molecule has 2 unspecified atom stereocenters. The van der Waals surface area contributed by atoms with Crippen LogP contribution in [0.4, 0.5) is 0 Å². The third kappa shape index (κ3) is 3.34. The van der Waals surface area contributed by atoms with E-state index in [0.29, 0.717) is 19.0 Å². The van der Waals surface area contributed by atoms with Gasteiger partial charge in [0.15, 0.2) is 0 Å². The van der Waals surface area contributed by atoms with Crippen LogP contribution in [0.15, 0.2) is 0 Å².